The van der Waals surface area contributed by atoms with E-state index < -0.39 is 14.2 Å². The Hall–Kier alpha value is -0.383. The summed E-state index contributed by atoms with van der Waals surface area (Å²) in [5.41, 5.74) is 3.22. The number of aliphatic hydroxyl groups excluding tert-OH is 1. The van der Waals surface area contributed by atoms with Crippen molar-refractivity contribution in [2.24, 2.45) is 0 Å². The van der Waals surface area contributed by atoms with Gasteiger partial charge in [-0.05, 0) is 0 Å². The SMILES string of the molecule is C[Si](C)(C)C#CC[C@@H](O)COCCOC[C@H]1CO1. The molecule has 1 saturated heterocycles. The third-order valence-electron chi connectivity index (χ3n) is 2.19. The van der Waals surface area contributed by atoms with Crippen LogP contribution in [0.15, 0.2) is 0 Å². The molecule has 1 fully saturated rings. The summed E-state index contributed by atoms with van der Waals surface area (Å²) in [6.45, 7) is 9.39. The fraction of sp³-hybridized carbons (Fsp3) is 0.846. The largest absolute Gasteiger partial charge is 0.390 e. The van der Waals surface area contributed by atoms with Crippen LogP contribution in [0.25, 0.3) is 0 Å². The van der Waals surface area contributed by atoms with Crippen LogP contribution in [0.3, 0.4) is 0 Å². The van der Waals surface area contributed by atoms with Crippen LogP contribution in [0.4, 0.5) is 0 Å². The molecule has 0 saturated carbocycles. The first-order valence-electron chi connectivity index (χ1n) is 6.42. The second kappa shape index (κ2) is 7.92. The molecule has 1 N–H and O–H groups in total. The van der Waals surface area contributed by atoms with E-state index in [1.807, 2.05) is 0 Å². The van der Waals surface area contributed by atoms with Crippen LogP contribution in [0.5, 0.6) is 0 Å². The van der Waals surface area contributed by atoms with Crippen LogP contribution < -0.4 is 0 Å². The van der Waals surface area contributed by atoms with E-state index in [1.54, 1.807) is 0 Å². The lowest BCUT2D eigenvalue weighted by Crippen LogP contribution is -2.19. The molecule has 0 amide bonds. The van der Waals surface area contributed by atoms with Gasteiger partial charge in [0, 0.05) is 6.42 Å². The zero-order valence-electron chi connectivity index (χ0n) is 11.6. The molecule has 1 heterocycles. The molecule has 0 unspecified atom stereocenters. The van der Waals surface area contributed by atoms with Gasteiger partial charge in [-0.2, -0.15) is 0 Å². The van der Waals surface area contributed by atoms with Gasteiger partial charge in [-0.3, -0.25) is 0 Å². The van der Waals surface area contributed by atoms with Crippen LogP contribution in [0, 0.1) is 11.5 Å². The number of epoxide rings is 1. The Morgan fingerprint density at radius 3 is 2.61 bits per heavy atom. The molecule has 1 aliphatic rings. The summed E-state index contributed by atoms with van der Waals surface area (Å²) in [4.78, 5) is 0. The average Bonchev–Trinajstić information content (AvgIpc) is 3.05. The van der Waals surface area contributed by atoms with E-state index in [1.165, 1.54) is 0 Å². The monoisotopic (exact) mass is 272 g/mol. The van der Waals surface area contributed by atoms with Crippen LogP contribution in [-0.4, -0.2) is 58.4 Å². The summed E-state index contributed by atoms with van der Waals surface area (Å²) < 4.78 is 15.6. The van der Waals surface area contributed by atoms with Gasteiger partial charge in [0.25, 0.3) is 0 Å². The van der Waals surface area contributed by atoms with Crippen molar-refractivity contribution in [3.63, 3.8) is 0 Å². The van der Waals surface area contributed by atoms with E-state index in [9.17, 15) is 5.11 Å². The summed E-state index contributed by atoms with van der Waals surface area (Å²) >= 11 is 0. The zero-order valence-corrected chi connectivity index (χ0v) is 12.6. The molecule has 0 aromatic rings. The first kappa shape index (κ1) is 15.7. The molecule has 0 aromatic carbocycles. The van der Waals surface area contributed by atoms with E-state index in [0.717, 1.165) is 6.61 Å². The minimum Gasteiger partial charge on any atom is -0.390 e. The summed E-state index contributed by atoms with van der Waals surface area (Å²) in [5.74, 6) is 3.03. The Kier molecular flexibility index (Phi) is 6.90. The van der Waals surface area contributed by atoms with E-state index in [4.69, 9.17) is 14.2 Å². The summed E-state index contributed by atoms with van der Waals surface area (Å²) in [5, 5.41) is 9.63. The van der Waals surface area contributed by atoms with Crippen molar-refractivity contribution in [1.29, 1.82) is 0 Å². The number of rotatable bonds is 8. The normalized spacial score (nSPS) is 20.1. The quantitative estimate of drug-likeness (QED) is 0.311. The summed E-state index contributed by atoms with van der Waals surface area (Å²) in [7, 11) is -1.32. The topological polar surface area (TPSA) is 51.2 Å². The molecule has 0 bridgehead atoms. The molecule has 4 nitrogen and oxygen atoms in total. The molecular formula is C13H24O4Si. The maximum Gasteiger partial charge on any atom is 0.129 e. The van der Waals surface area contributed by atoms with Gasteiger partial charge in [0.15, 0.2) is 0 Å². The highest BCUT2D eigenvalue weighted by atomic mass is 28.3. The maximum atomic E-state index is 9.63. The fourth-order valence-corrected chi connectivity index (χ4v) is 1.84. The summed E-state index contributed by atoms with van der Waals surface area (Å²) in [6.07, 6.45) is 0.286. The Morgan fingerprint density at radius 2 is 2.00 bits per heavy atom. The van der Waals surface area contributed by atoms with Gasteiger partial charge < -0.3 is 19.3 Å². The van der Waals surface area contributed by atoms with Crippen LogP contribution in [0.1, 0.15) is 6.42 Å². The van der Waals surface area contributed by atoms with Crippen molar-refractivity contribution < 1.29 is 19.3 Å². The number of hydrogen-bond donors (Lipinski definition) is 1. The Bertz CT molecular complexity index is 286. The average molecular weight is 272 g/mol. The van der Waals surface area contributed by atoms with Crippen LogP contribution in [0.2, 0.25) is 19.6 Å². The van der Waals surface area contributed by atoms with E-state index in [0.29, 0.717) is 39.0 Å². The fourth-order valence-electron chi connectivity index (χ4n) is 1.21. The highest BCUT2D eigenvalue weighted by molar-refractivity contribution is 6.83. The van der Waals surface area contributed by atoms with Crippen molar-refractivity contribution in [2.75, 3.05) is 33.0 Å². The molecule has 0 radical (unpaired) electrons. The Labute approximate surface area is 111 Å². The smallest absolute Gasteiger partial charge is 0.129 e. The van der Waals surface area contributed by atoms with Crippen molar-refractivity contribution in [3.05, 3.63) is 0 Å². The molecular weight excluding hydrogens is 248 g/mol. The lowest BCUT2D eigenvalue weighted by molar-refractivity contribution is 0.00315. The van der Waals surface area contributed by atoms with Gasteiger partial charge in [-0.15, -0.1) is 11.5 Å². The molecule has 0 spiro atoms. The second-order valence-corrected chi connectivity index (χ2v) is 10.3. The molecule has 104 valence electrons. The van der Waals surface area contributed by atoms with Gasteiger partial charge in [-0.25, -0.2) is 0 Å². The predicted molar refractivity (Wildman–Crippen MR) is 73.1 cm³/mol. The number of hydrogen-bond acceptors (Lipinski definition) is 4. The predicted octanol–water partition coefficient (Wildman–Crippen LogP) is 1.05. The lowest BCUT2D eigenvalue weighted by atomic mass is 10.3. The minimum absolute atomic E-state index is 0.299. The van der Waals surface area contributed by atoms with Gasteiger partial charge in [-0.1, -0.05) is 19.6 Å². The standard InChI is InChI=1S/C13H24O4Si/c1-18(2,3)8-4-5-12(14)9-15-6-7-16-10-13-11-17-13/h12-14H,5-7,9-11H2,1-3H3/t12-,13+/m1/s1. The lowest BCUT2D eigenvalue weighted by Gasteiger charge is -2.09. The van der Waals surface area contributed by atoms with Gasteiger partial charge in [0.1, 0.15) is 14.2 Å². The highest BCUT2D eigenvalue weighted by Crippen LogP contribution is 2.08. The molecule has 18 heavy (non-hydrogen) atoms. The first-order chi connectivity index (χ1) is 8.47. The van der Waals surface area contributed by atoms with E-state index in [-0.39, 0.29) is 0 Å². The van der Waals surface area contributed by atoms with Gasteiger partial charge in [0.2, 0.25) is 0 Å². The molecule has 0 aliphatic carbocycles. The van der Waals surface area contributed by atoms with Gasteiger partial charge in [0.05, 0.1) is 39.1 Å². The van der Waals surface area contributed by atoms with Crippen molar-refractivity contribution in [1.82, 2.24) is 0 Å². The zero-order chi connectivity index (χ0) is 13.4. The second-order valence-electron chi connectivity index (χ2n) is 5.51. The number of ether oxygens (including phenoxy) is 3. The molecule has 1 rings (SSSR count). The Morgan fingerprint density at radius 1 is 1.33 bits per heavy atom. The number of aliphatic hydroxyl groups is 1. The third kappa shape index (κ3) is 9.63. The molecule has 0 aromatic heterocycles. The van der Waals surface area contributed by atoms with Crippen LogP contribution in [-0.2, 0) is 14.2 Å². The first-order valence-corrected chi connectivity index (χ1v) is 9.92. The highest BCUT2D eigenvalue weighted by Gasteiger charge is 2.21. The third-order valence-corrected chi connectivity index (χ3v) is 3.12. The van der Waals surface area contributed by atoms with E-state index in [2.05, 4.69) is 31.1 Å². The van der Waals surface area contributed by atoms with Gasteiger partial charge >= 0.3 is 0 Å². The molecule has 5 heteroatoms. The van der Waals surface area contributed by atoms with Crippen molar-refractivity contribution >= 4 is 8.07 Å². The molecule has 1 aliphatic heterocycles. The van der Waals surface area contributed by atoms with Crippen LogP contribution >= 0.6 is 0 Å². The minimum atomic E-state index is -1.32. The summed E-state index contributed by atoms with van der Waals surface area (Å²) in [6, 6.07) is 0. The van der Waals surface area contributed by atoms with Crippen molar-refractivity contribution in [3.8, 4) is 11.5 Å². The maximum absolute atomic E-state index is 9.63. The van der Waals surface area contributed by atoms with Crippen molar-refractivity contribution in [2.45, 2.75) is 38.3 Å². The van der Waals surface area contributed by atoms with E-state index >= 15 is 0 Å². The Balaban J connectivity index is 1.91. The molecule has 2 atom stereocenters.